The molecule has 0 N–H and O–H groups in total. The molecule has 0 radical (unpaired) electrons. The van der Waals surface area contributed by atoms with E-state index in [2.05, 4.69) is 44.8 Å². The Balaban J connectivity index is 2.18. The van der Waals surface area contributed by atoms with Crippen LogP contribution in [-0.4, -0.2) is 0 Å². The van der Waals surface area contributed by atoms with Crippen molar-refractivity contribution in [2.75, 3.05) is 0 Å². The van der Waals surface area contributed by atoms with Crippen LogP contribution in [-0.2, 0) is 6.42 Å². The van der Waals surface area contributed by atoms with Gasteiger partial charge in [-0.25, -0.2) is 0 Å². The summed E-state index contributed by atoms with van der Waals surface area (Å²) in [5.74, 6) is 0. The molecule has 2 aromatic rings. The van der Waals surface area contributed by atoms with Gasteiger partial charge in [0.25, 0.3) is 0 Å². The second kappa shape index (κ2) is 6.27. The van der Waals surface area contributed by atoms with E-state index in [1.807, 2.05) is 18.2 Å². The minimum absolute atomic E-state index is 0.289. The number of halogens is 4. The monoisotopic (exact) mass is 426 g/mol. The van der Waals surface area contributed by atoms with Crippen LogP contribution in [0, 0.1) is 6.92 Å². The van der Waals surface area contributed by atoms with E-state index in [4.69, 9.17) is 23.2 Å². The van der Waals surface area contributed by atoms with Crippen molar-refractivity contribution >= 4 is 66.4 Å². The Morgan fingerprint density at radius 2 is 1.94 bits per heavy atom. The molecule has 0 spiro atoms. The van der Waals surface area contributed by atoms with Gasteiger partial charge in [0.05, 0.1) is 13.8 Å². The van der Waals surface area contributed by atoms with Gasteiger partial charge in [0.15, 0.2) is 0 Å². The second-order valence-electron chi connectivity index (χ2n) is 3.98. The lowest BCUT2D eigenvalue weighted by atomic mass is 10.1. The third-order valence-electron chi connectivity index (χ3n) is 2.66. The van der Waals surface area contributed by atoms with E-state index in [1.165, 1.54) is 16.0 Å². The Hall–Kier alpha value is 0.460. The van der Waals surface area contributed by atoms with Crippen LogP contribution in [0.15, 0.2) is 28.1 Å². The van der Waals surface area contributed by atoms with Gasteiger partial charge in [0, 0.05) is 9.70 Å². The SMILES string of the molecule is Cc1sc(Br)cc1C(Br)Cc1ccc(Cl)c(Cl)c1. The summed E-state index contributed by atoms with van der Waals surface area (Å²) in [5.41, 5.74) is 2.49. The van der Waals surface area contributed by atoms with Crippen LogP contribution >= 0.6 is 66.4 Å². The van der Waals surface area contributed by atoms with Gasteiger partial charge in [0.1, 0.15) is 0 Å². The van der Waals surface area contributed by atoms with Crippen LogP contribution in [0.2, 0.25) is 10.0 Å². The maximum absolute atomic E-state index is 6.03. The largest absolute Gasteiger partial charge is 0.133 e. The fraction of sp³-hybridized carbons (Fsp3) is 0.231. The first-order valence-corrected chi connectivity index (χ1v) is 8.59. The number of thiophene rings is 1. The molecule has 1 heterocycles. The summed E-state index contributed by atoms with van der Waals surface area (Å²) in [5, 5.41) is 1.21. The van der Waals surface area contributed by atoms with Gasteiger partial charge in [-0.1, -0.05) is 45.2 Å². The fourth-order valence-corrected chi connectivity index (χ4v) is 4.85. The molecule has 1 unspecified atom stereocenters. The fourth-order valence-electron chi connectivity index (χ4n) is 1.75. The Labute approximate surface area is 138 Å². The average molecular weight is 429 g/mol. The summed E-state index contributed by atoms with van der Waals surface area (Å²) in [6.45, 7) is 2.13. The highest BCUT2D eigenvalue weighted by molar-refractivity contribution is 9.11. The molecule has 0 aliphatic heterocycles. The molecule has 1 aromatic heterocycles. The summed E-state index contributed by atoms with van der Waals surface area (Å²) in [7, 11) is 0. The van der Waals surface area contributed by atoms with Crippen molar-refractivity contribution in [3.63, 3.8) is 0 Å². The zero-order chi connectivity index (χ0) is 13.3. The van der Waals surface area contributed by atoms with Crippen molar-refractivity contribution in [2.24, 2.45) is 0 Å². The van der Waals surface area contributed by atoms with Gasteiger partial charge in [0.2, 0.25) is 0 Å². The highest BCUT2D eigenvalue weighted by atomic mass is 79.9. The van der Waals surface area contributed by atoms with Crippen molar-refractivity contribution in [1.29, 1.82) is 0 Å². The van der Waals surface area contributed by atoms with Gasteiger partial charge >= 0.3 is 0 Å². The topological polar surface area (TPSA) is 0 Å². The van der Waals surface area contributed by atoms with E-state index in [9.17, 15) is 0 Å². The molecule has 2 rings (SSSR count). The van der Waals surface area contributed by atoms with E-state index in [-0.39, 0.29) is 4.83 Å². The molecule has 0 amide bonds. The standard InChI is InChI=1S/C13H10Br2Cl2S/c1-7-9(6-13(15)18-7)10(14)4-8-2-3-11(16)12(17)5-8/h2-3,5-6,10H,4H2,1H3. The predicted octanol–water partition coefficient (Wildman–Crippen LogP) is 6.80. The van der Waals surface area contributed by atoms with Crippen molar-refractivity contribution in [3.05, 3.63) is 54.1 Å². The van der Waals surface area contributed by atoms with Gasteiger partial charge in [-0.15, -0.1) is 11.3 Å². The van der Waals surface area contributed by atoms with Gasteiger partial charge < -0.3 is 0 Å². The summed E-state index contributed by atoms with van der Waals surface area (Å²) in [4.78, 5) is 1.61. The molecule has 0 saturated carbocycles. The number of rotatable bonds is 3. The smallest absolute Gasteiger partial charge is 0.0704 e. The first-order valence-electron chi connectivity index (χ1n) is 5.31. The molecule has 1 aromatic carbocycles. The van der Waals surface area contributed by atoms with E-state index in [0.717, 1.165) is 10.2 Å². The van der Waals surface area contributed by atoms with Crippen LogP contribution in [0.3, 0.4) is 0 Å². The normalized spacial score (nSPS) is 12.7. The van der Waals surface area contributed by atoms with Crippen molar-refractivity contribution in [3.8, 4) is 0 Å². The minimum atomic E-state index is 0.289. The number of hydrogen-bond donors (Lipinski definition) is 0. The first kappa shape index (κ1) is 14.9. The quantitative estimate of drug-likeness (QED) is 0.471. The number of aryl methyl sites for hydroxylation is 1. The van der Waals surface area contributed by atoms with Gasteiger partial charge in [-0.3, -0.25) is 0 Å². The zero-order valence-electron chi connectivity index (χ0n) is 9.51. The van der Waals surface area contributed by atoms with Crippen molar-refractivity contribution < 1.29 is 0 Å². The number of hydrogen-bond acceptors (Lipinski definition) is 1. The molecule has 0 aliphatic rings. The van der Waals surface area contributed by atoms with E-state index < -0.39 is 0 Å². The van der Waals surface area contributed by atoms with E-state index >= 15 is 0 Å². The van der Waals surface area contributed by atoms with Crippen LogP contribution in [0.5, 0.6) is 0 Å². The van der Waals surface area contributed by atoms with E-state index in [0.29, 0.717) is 10.0 Å². The molecule has 0 fully saturated rings. The zero-order valence-corrected chi connectivity index (χ0v) is 15.0. The summed E-state index contributed by atoms with van der Waals surface area (Å²) in [6.07, 6.45) is 0.890. The lowest BCUT2D eigenvalue weighted by Crippen LogP contribution is -1.95. The van der Waals surface area contributed by atoms with E-state index in [1.54, 1.807) is 11.3 Å². The molecule has 5 heteroatoms. The van der Waals surface area contributed by atoms with Crippen molar-refractivity contribution in [2.45, 2.75) is 18.2 Å². The van der Waals surface area contributed by atoms with Crippen LogP contribution in [0.25, 0.3) is 0 Å². The molecule has 18 heavy (non-hydrogen) atoms. The highest BCUT2D eigenvalue weighted by Gasteiger charge is 2.14. The maximum Gasteiger partial charge on any atom is 0.0704 e. The highest BCUT2D eigenvalue weighted by Crippen LogP contribution is 2.37. The van der Waals surface area contributed by atoms with Crippen molar-refractivity contribution in [1.82, 2.24) is 0 Å². The molecule has 0 aliphatic carbocycles. The third-order valence-corrected chi connectivity index (χ3v) is 5.79. The Kier molecular flexibility index (Phi) is 5.18. The molecular weight excluding hydrogens is 419 g/mol. The predicted molar refractivity (Wildman–Crippen MR) is 88.6 cm³/mol. The number of benzene rings is 1. The minimum Gasteiger partial charge on any atom is -0.133 e. The molecule has 0 saturated heterocycles. The summed E-state index contributed by atoms with van der Waals surface area (Å²) < 4.78 is 1.16. The molecular formula is C13H10Br2Cl2S. The second-order valence-corrected chi connectivity index (χ2v) is 8.54. The summed E-state index contributed by atoms with van der Waals surface area (Å²) in [6, 6.07) is 7.94. The lowest BCUT2D eigenvalue weighted by Gasteiger charge is -2.10. The Morgan fingerprint density at radius 1 is 1.22 bits per heavy atom. The molecule has 0 bridgehead atoms. The third kappa shape index (κ3) is 3.51. The first-order chi connectivity index (χ1) is 8.47. The molecule has 96 valence electrons. The Morgan fingerprint density at radius 3 is 2.50 bits per heavy atom. The van der Waals surface area contributed by atoms with Crippen LogP contribution in [0.4, 0.5) is 0 Å². The lowest BCUT2D eigenvalue weighted by molar-refractivity contribution is 0.946. The maximum atomic E-state index is 6.03. The molecule has 0 nitrogen and oxygen atoms in total. The number of alkyl halides is 1. The Bertz CT molecular complexity index is 566. The van der Waals surface area contributed by atoms with Crippen LogP contribution in [0.1, 0.15) is 20.8 Å². The molecule has 1 atom stereocenters. The van der Waals surface area contributed by atoms with Gasteiger partial charge in [-0.05, 0) is 58.6 Å². The average Bonchev–Trinajstić information content (AvgIpc) is 2.63. The summed E-state index contributed by atoms with van der Waals surface area (Å²) >= 11 is 21.0. The van der Waals surface area contributed by atoms with Gasteiger partial charge in [-0.2, -0.15) is 0 Å². The van der Waals surface area contributed by atoms with Crippen LogP contribution < -0.4 is 0 Å².